The Bertz CT molecular complexity index is 1070. The molecule has 27 heavy (non-hydrogen) atoms. The number of ether oxygens (including phenoxy) is 2. The van der Waals surface area contributed by atoms with Crippen molar-refractivity contribution in [3.63, 3.8) is 0 Å². The number of carbonyl (C=O) groups excluding carboxylic acids is 2. The van der Waals surface area contributed by atoms with Crippen LogP contribution in [0, 0.1) is 6.92 Å². The van der Waals surface area contributed by atoms with Crippen LogP contribution in [-0.2, 0) is 0 Å². The summed E-state index contributed by atoms with van der Waals surface area (Å²) in [5, 5.41) is 0. The monoisotopic (exact) mass is 357 g/mol. The van der Waals surface area contributed by atoms with Crippen molar-refractivity contribution < 1.29 is 19.1 Å². The number of esters is 1. The van der Waals surface area contributed by atoms with Crippen LogP contribution < -0.4 is 9.47 Å². The van der Waals surface area contributed by atoms with Crippen LogP contribution in [0.2, 0.25) is 0 Å². The molecule has 0 amide bonds. The fraction of sp³-hybridized carbons (Fsp3) is 0.0455. The number of aryl methyl sites for hydroxylation is 1. The maximum absolute atomic E-state index is 12.5. The number of pyridine rings is 1. The Hall–Kier alpha value is -3.73. The molecule has 5 heteroatoms. The standard InChI is InChI=1S/C22H15NO4/c1-14-5-4-6-15(11-14)22(25)26-17-8-9-18-19(13-17)27-20(21(18)24)12-16-7-2-3-10-23-16/h2-13H,1H3/b20-12-. The number of fused-ring (bicyclic) bond motifs is 1. The number of nitrogens with zero attached hydrogens (tertiary/aromatic N) is 1. The quantitative estimate of drug-likeness (QED) is 0.399. The zero-order chi connectivity index (χ0) is 18.8. The zero-order valence-electron chi connectivity index (χ0n) is 14.5. The maximum Gasteiger partial charge on any atom is 0.343 e. The average molecular weight is 357 g/mol. The summed E-state index contributed by atoms with van der Waals surface area (Å²) < 4.78 is 11.1. The summed E-state index contributed by atoms with van der Waals surface area (Å²) in [7, 11) is 0. The van der Waals surface area contributed by atoms with Gasteiger partial charge in [-0.2, -0.15) is 0 Å². The molecule has 5 nitrogen and oxygen atoms in total. The van der Waals surface area contributed by atoms with Gasteiger partial charge < -0.3 is 9.47 Å². The molecule has 0 unspecified atom stereocenters. The SMILES string of the molecule is Cc1cccc(C(=O)Oc2ccc3c(c2)O/C(=C\c2ccccn2)C3=O)c1. The fourth-order valence-corrected chi connectivity index (χ4v) is 2.76. The fourth-order valence-electron chi connectivity index (χ4n) is 2.76. The van der Waals surface area contributed by atoms with Crippen molar-refractivity contribution in [2.45, 2.75) is 6.92 Å². The van der Waals surface area contributed by atoms with E-state index in [1.54, 1.807) is 60.8 Å². The van der Waals surface area contributed by atoms with Crippen molar-refractivity contribution in [1.29, 1.82) is 0 Å². The highest BCUT2D eigenvalue weighted by Crippen LogP contribution is 2.35. The number of hydrogen-bond donors (Lipinski definition) is 0. The first-order valence-electron chi connectivity index (χ1n) is 8.38. The van der Waals surface area contributed by atoms with Gasteiger partial charge in [0.25, 0.3) is 0 Å². The number of ketones is 1. The second kappa shape index (κ2) is 6.88. The molecule has 3 aromatic rings. The van der Waals surface area contributed by atoms with Crippen molar-refractivity contribution in [3.8, 4) is 11.5 Å². The van der Waals surface area contributed by atoms with Crippen molar-refractivity contribution in [2.24, 2.45) is 0 Å². The molecule has 0 saturated carbocycles. The Balaban J connectivity index is 1.56. The third-order valence-electron chi connectivity index (χ3n) is 4.07. The molecule has 0 bridgehead atoms. The number of hydrogen-bond acceptors (Lipinski definition) is 5. The summed E-state index contributed by atoms with van der Waals surface area (Å²) in [5.41, 5.74) is 2.48. The molecule has 0 saturated heterocycles. The Morgan fingerprint density at radius 1 is 1.07 bits per heavy atom. The van der Waals surface area contributed by atoms with Crippen LogP contribution >= 0.6 is 0 Å². The van der Waals surface area contributed by atoms with Gasteiger partial charge in [-0.05, 0) is 43.3 Å². The van der Waals surface area contributed by atoms with Crippen molar-refractivity contribution in [2.75, 3.05) is 0 Å². The smallest absolute Gasteiger partial charge is 0.343 e. The van der Waals surface area contributed by atoms with Gasteiger partial charge in [-0.1, -0.05) is 23.8 Å². The summed E-state index contributed by atoms with van der Waals surface area (Å²) in [4.78, 5) is 28.9. The third kappa shape index (κ3) is 3.48. The van der Waals surface area contributed by atoms with E-state index in [0.29, 0.717) is 28.3 Å². The second-order valence-electron chi connectivity index (χ2n) is 6.11. The Kier molecular flexibility index (Phi) is 4.26. The van der Waals surface area contributed by atoms with E-state index in [1.165, 1.54) is 0 Å². The van der Waals surface area contributed by atoms with Crippen LogP contribution in [0.15, 0.2) is 72.6 Å². The van der Waals surface area contributed by atoms with E-state index in [0.717, 1.165) is 5.56 Å². The molecule has 1 aliphatic heterocycles. The molecule has 132 valence electrons. The van der Waals surface area contributed by atoms with Crippen LogP contribution in [0.3, 0.4) is 0 Å². The summed E-state index contributed by atoms with van der Waals surface area (Å²) in [6, 6.07) is 17.3. The van der Waals surface area contributed by atoms with E-state index in [-0.39, 0.29) is 11.5 Å². The second-order valence-corrected chi connectivity index (χ2v) is 6.11. The highest BCUT2D eigenvalue weighted by atomic mass is 16.5. The summed E-state index contributed by atoms with van der Waals surface area (Å²) >= 11 is 0. The van der Waals surface area contributed by atoms with E-state index in [1.807, 2.05) is 19.1 Å². The van der Waals surface area contributed by atoms with Crippen LogP contribution in [0.5, 0.6) is 11.5 Å². The van der Waals surface area contributed by atoms with E-state index in [4.69, 9.17) is 9.47 Å². The minimum absolute atomic E-state index is 0.186. The van der Waals surface area contributed by atoms with E-state index < -0.39 is 5.97 Å². The van der Waals surface area contributed by atoms with Crippen LogP contribution in [0.25, 0.3) is 6.08 Å². The van der Waals surface area contributed by atoms with Crippen molar-refractivity contribution in [3.05, 3.63) is 95.0 Å². The number of Topliss-reactive ketones (excluding diaryl/α,β-unsaturated/α-hetero) is 1. The van der Waals surface area contributed by atoms with Gasteiger partial charge in [0.15, 0.2) is 5.76 Å². The largest absolute Gasteiger partial charge is 0.452 e. The minimum atomic E-state index is -0.466. The van der Waals surface area contributed by atoms with Crippen molar-refractivity contribution >= 4 is 17.8 Å². The molecule has 0 aliphatic carbocycles. The highest BCUT2D eigenvalue weighted by Gasteiger charge is 2.28. The maximum atomic E-state index is 12.5. The first-order chi connectivity index (χ1) is 13.1. The first kappa shape index (κ1) is 16.7. The third-order valence-corrected chi connectivity index (χ3v) is 4.07. The van der Waals surface area contributed by atoms with Gasteiger partial charge in [-0.3, -0.25) is 9.78 Å². The molecule has 0 N–H and O–H groups in total. The van der Waals surface area contributed by atoms with E-state index >= 15 is 0 Å². The Morgan fingerprint density at radius 2 is 1.96 bits per heavy atom. The lowest BCUT2D eigenvalue weighted by Crippen LogP contribution is -2.08. The molecule has 1 aromatic heterocycles. The molecule has 4 rings (SSSR count). The Morgan fingerprint density at radius 3 is 2.74 bits per heavy atom. The molecule has 2 heterocycles. The summed E-state index contributed by atoms with van der Waals surface area (Å²) in [5.74, 6) is 0.161. The average Bonchev–Trinajstić information content (AvgIpc) is 2.97. The number of rotatable bonds is 3. The molecular weight excluding hydrogens is 342 g/mol. The summed E-state index contributed by atoms with van der Waals surface area (Å²) in [6.45, 7) is 1.90. The lowest BCUT2D eigenvalue weighted by atomic mass is 10.1. The lowest BCUT2D eigenvalue weighted by molar-refractivity contribution is 0.0734. The highest BCUT2D eigenvalue weighted by molar-refractivity contribution is 6.14. The minimum Gasteiger partial charge on any atom is -0.452 e. The molecule has 0 fully saturated rings. The van der Waals surface area contributed by atoms with Gasteiger partial charge in [0.2, 0.25) is 5.78 Å². The van der Waals surface area contributed by atoms with Gasteiger partial charge in [0, 0.05) is 18.3 Å². The van der Waals surface area contributed by atoms with E-state index in [2.05, 4.69) is 4.98 Å². The van der Waals surface area contributed by atoms with Crippen LogP contribution in [0.1, 0.15) is 32.0 Å². The predicted octanol–water partition coefficient (Wildman–Crippen LogP) is 4.23. The number of aromatic nitrogens is 1. The van der Waals surface area contributed by atoms with Gasteiger partial charge in [-0.25, -0.2) is 4.79 Å². The topological polar surface area (TPSA) is 65.5 Å². The molecule has 0 atom stereocenters. The van der Waals surface area contributed by atoms with Gasteiger partial charge in [-0.15, -0.1) is 0 Å². The van der Waals surface area contributed by atoms with Gasteiger partial charge in [0.1, 0.15) is 11.5 Å². The molecule has 0 spiro atoms. The number of carbonyl (C=O) groups is 2. The zero-order valence-corrected chi connectivity index (χ0v) is 14.5. The van der Waals surface area contributed by atoms with E-state index in [9.17, 15) is 9.59 Å². The number of benzene rings is 2. The Labute approximate surface area is 155 Å². The first-order valence-corrected chi connectivity index (χ1v) is 8.38. The van der Waals surface area contributed by atoms with Gasteiger partial charge >= 0.3 is 5.97 Å². The molecule has 2 aromatic carbocycles. The normalized spacial score (nSPS) is 14.0. The van der Waals surface area contributed by atoms with Crippen LogP contribution in [0.4, 0.5) is 0 Å². The number of allylic oxidation sites excluding steroid dienone is 1. The molecule has 0 radical (unpaired) electrons. The lowest BCUT2D eigenvalue weighted by Gasteiger charge is -2.06. The van der Waals surface area contributed by atoms with Crippen molar-refractivity contribution in [1.82, 2.24) is 4.98 Å². The van der Waals surface area contributed by atoms with Gasteiger partial charge in [0.05, 0.1) is 16.8 Å². The molecule has 1 aliphatic rings. The summed E-state index contributed by atoms with van der Waals surface area (Å²) in [6.07, 6.45) is 3.22. The molecular formula is C22H15NO4. The van der Waals surface area contributed by atoms with Crippen LogP contribution in [-0.4, -0.2) is 16.7 Å². The predicted molar refractivity (Wildman–Crippen MR) is 99.8 cm³/mol.